The molecule has 4 rings (SSSR count). The molecule has 9 heteroatoms. The first-order valence-electron chi connectivity index (χ1n) is 8.92. The van der Waals surface area contributed by atoms with Crippen LogP contribution in [0.1, 0.15) is 26.0 Å². The Morgan fingerprint density at radius 3 is 2.93 bits per heavy atom. The number of hydrogen-bond donors (Lipinski definition) is 3. The molecule has 0 radical (unpaired) electrons. The molecular formula is C18H23N7O2. The molecule has 27 heavy (non-hydrogen) atoms. The Kier molecular flexibility index (Phi) is 4.40. The standard InChI is InChI=1S/C18H23N7O2/c1-18(2,26)16-14(27-3)8-15-21-10-13(25(15)24-16)12-5-7-20-17(23-12)22-11-4-6-19-9-11/h5,7-8,10-11,19,26H,4,6,9H2,1-3H3,(H,20,22,23). The molecule has 0 aromatic carbocycles. The van der Waals surface area contributed by atoms with E-state index in [9.17, 15) is 5.11 Å². The number of nitrogens with zero attached hydrogens (tertiary/aromatic N) is 5. The van der Waals surface area contributed by atoms with E-state index in [1.807, 2.05) is 6.07 Å². The van der Waals surface area contributed by atoms with Crippen molar-refractivity contribution < 1.29 is 9.84 Å². The molecule has 0 aliphatic carbocycles. The summed E-state index contributed by atoms with van der Waals surface area (Å²) in [6.45, 7) is 5.24. The smallest absolute Gasteiger partial charge is 0.223 e. The summed E-state index contributed by atoms with van der Waals surface area (Å²) in [5.74, 6) is 1.07. The zero-order valence-corrected chi connectivity index (χ0v) is 15.6. The average molecular weight is 369 g/mol. The highest BCUT2D eigenvalue weighted by atomic mass is 16.5. The van der Waals surface area contributed by atoms with Crippen LogP contribution in [0.5, 0.6) is 5.75 Å². The predicted octanol–water partition coefficient (Wildman–Crippen LogP) is 1.20. The fraction of sp³-hybridized carbons (Fsp3) is 0.444. The molecule has 0 amide bonds. The normalized spacial score (nSPS) is 17.4. The van der Waals surface area contributed by atoms with Crippen LogP contribution < -0.4 is 15.4 Å². The molecule has 1 saturated heterocycles. The van der Waals surface area contributed by atoms with Crippen LogP contribution in [0.25, 0.3) is 17.0 Å². The first kappa shape index (κ1) is 17.6. The summed E-state index contributed by atoms with van der Waals surface area (Å²) in [5.41, 5.74) is 1.30. The number of rotatable bonds is 5. The van der Waals surface area contributed by atoms with E-state index >= 15 is 0 Å². The topological polar surface area (TPSA) is 109 Å². The Balaban J connectivity index is 1.75. The molecule has 1 fully saturated rings. The Labute approximate surface area is 156 Å². The van der Waals surface area contributed by atoms with E-state index in [0.29, 0.717) is 40.5 Å². The Morgan fingerprint density at radius 1 is 1.37 bits per heavy atom. The van der Waals surface area contributed by atoms with Crippen LogP contribution in [0.2, 0.25) is 0 Å². The summed E-state index contributed by atoms with van der Waals surface area (Å²) in [4.78, 5) is 13.3. The molecule has 3 aromatic heterocycles. The van der Waals surface area contributed by atoms with Gasteiger partial charge in [-0.2, -0.15) is 5.10 Å². The van der Waals surface area contributed by atoms with E-state index in [-0.39, 0.29) is 0 Å². The lowest BCUT2D eigenvalue weighted by molar-refractivity contribution is 0.0694. The highest BCUT2D eigenvalue weighted by Gasteiger charge is 2.25. The number of hydrogen-bond acceptors (Lipinski definition) is 8. The fourth-order valence-corrected chi connectivity index (χ4v) is 3.18. The summed E-state index contributed by atoms with van der Waals surface area (Å²) in [6, 6.07) is 3.90. The van der Waals surface area contributed by atoms with Gasteiger partial charge in [-0.1, -0.05) is 0 Å². The number of nitrogens with one attached hydrogen (secondary N) is 2. The number of imidazole rings is 1. The lowest BCUT2D eigenvalue weighted by Crippen LogP contribution is -2.23. The summed E-state index contributed by atoms with van der Waals surface area (Å²) in [5, 5.41) is 21.7. The molecule has 1 atom stereocenters. The average Bonchev–Trinajstić information content (AvgIpc) is 3.29. The predicted molar refractivity (Wildman–Crippen MR) is 101 cm³/mol. The number of aromatic nitrogens is 5. The van der Waals surface area contributed by atoms with Crippen molar-refractivity contribution >= 4 is 11.6 Å². The van der Waals surface area contributed by atoms with Gasteiger partial charge in [-0.05, 0) is 32.9 Å². The SMILES string of the molecule is COc1cc2ncc(-c3ccnc(NC4CCNC4)n3)n2nc1C(C)(C)O. The molecule has 0 spiro atoms. The van der Waals surface area contributed by atoms with Crippen molar-refractivity contribution in [1.82, 2.24) is 29.9 Å². The minimum absolute atomic E-state index is 0.326. The molecule has 3 aromatic rings. The Morgan fingerprint density at radius 2 is 2.22 bits per heavy atom. The highest BCUT2D eigenvalue weighted by Crippen LogP contribution is 2.30. The molecule has 3 N–H and O–H groups in total. The van der Waals surface area contributed by atoms with Gasteiger partial charge in [-0.15, -0.1) is 0 Å². The van der Waals surface area contributed by atoms with Crippen LogP contribution in [-0.2, 0) is 5.60 Å². The number of methoxy groups -OCH3 is 1. The van der Waals surface area contributed by atoms with Crippen LogP contribution >= 0.6 is 0 Å². The third-order valence-electron chi connectivity index (χ3n) is 4.57. The largest absolute Gasteiger partial charge is 0.495 e. The molecule has 9 nitrogen and oxygen atoms in total. The molecule has 4 heterocycles. The van der Waals surface area contributed by atoms with Gasteiger partial charge in [0.05, 0.1) is 19.0 Å². The van der Waals surface area contributed by atoms with Crippen LogP contribution in [0.4, 0.5) is 5.95 Å². The van der Waals surface area contributed by atoms with Crippen molar-refractivity contribution in [3.05, 3.63) is 30.2 Å². The van der Waals surface area contributed by atoms with Gasteiger partial charge in [-0.25, -0.2) is 19.5 Å². The molecule has 142 valence electrons. The Bertz CT molecular complexity index is 958. The van der Waals surface area contributed by atoms with Gasteiger partial charge in [0, 0.05) is 24.8 Å². The second-order valence-electron chi connectivity index (χ2n) is 7.13. The van der Waals surface area contributed by atoms with Gasteiger partial charge in [-0.3, -0.25) is 0 Å². The van der Waals surface area contributed by atoms with Crippen LogP contribution in [0.15, 0.2) is 24.5 Å². The van der Waals surface area contributed by atoms with E-state index in [4.69, 9.17) is 4.74 Å². The first-order valence-corrected chi connectivity index (χ1v) is 8.92. The highest BCUT2D eigenvalue weighted by molar-refractivity contribution is 5.61. The summed E-state index contributed by atoms with van der Waals surface area (Å²) < 4.78 is 7.04. The van der Waals surface area contributed by atoms with Crippen LogP contribution in [0, 0.1) is 0 Å². The minimum Gasteiger partial charge on any atom is -0.495 e. The lowest BCUT2D eigenvalue weighted by Gasteiger charge is -2.19. The lowest BCUT2D eigenvalue weighted by atomic mass is 10.0. The summed E-state index contributed by atoms with van der Waals surface area (Å²) in [7, 11) is 1.55. The van der Waals surface area contributed by atoms with E-state index in [2.05, 4.69) is 30.7 Å². The number of aliphatic hydroxyl groups is 1. The Hall–Kier alpha value is -2.78. The zero-order valence-electron chi connectivity index (χ0n) is 15.6. The van der Waals surface area contributed by atoms with Crippen molar-refractivity contribution in [2.24, 2.45) is 0 Å². The van der Waals surface area contributed by atoms with Gasteiger partial charge in [0.25, 0.3) is 0 Å². The first-order chi connectivity index (χ1) is 13.0. The van der Waals surface area contributed by atoms with Gasteiger partial charge < -0.3 is 20.5 Å². The minimum atomic E-state index is -1.16. The van der Waals surface area contributed by atoms with Crippen molar-refractivity contribution in [3.8, 4) is 17.1 Å². The van der Waals surface area contributed by atoms with Crippen LogP contribution in [0.3, 0.4) is 0 Å². The zero-order chi connectivity index (χ0) is 19.0. The monoisotopic (exact) mass is 369 g/mol. The van der Waals surface area contributed by atoms with Crippen LogP contribution in [-0.4, -0.2) is 55.9 Å². The molecule has 0 saturated carbocycles. The van der Waals surface area contributed by atoms with E-state index < -0.39 is 5.60 Å². The van der Waals surface area contributed by atoms with Crippen molar-refractivity contribution in [2.75, 3.05) is 25.5 Å². The van der Waals surface area contributed by atoms with E-state index in [1.165, 1.54) is 0 Å². The maximum absolute atomic E-state index is 10.4. The second-order valence-corrected chi connectivity index (χ2v) is 7.13. The summed E-state index contributed by atoms with van der Waals surface area (Å²) in [6.07, 6.45) is 4.46. The number of anilines is 1. The quantitative estimate of drug-likeness (QED) is 0.615. The maximum atomic E-state index is 10.4. The number of fused-ring (bicyclic) bond motifs is 1. The van der Waals surface area contributed by atoms with Crippen molar-refractivity contribution in [1.29, 1.82) is 0 Å². The van der Waals surface area contributed by atoms with E-state index in [1.54, 1.807) is 43.9 Å². The van der Waals surface area contributed by atoms with Gasteiger partial charge in [0.2, 0.25) is 5.95 Å². The molecule has 1 aliphatic rings. The van der Waals surface area contributed by atoms with Gasteiger partial charge >= 0.3 is 0 Å². The third-order valence-corrected chi connectivity index (χ3v) is 4.57. The third kappa shape index (κ3) is 3.43. The molecular weight excluding hydrogens is 346 g/mol. The molecule has 0 bridgehead atoms. The number of ether oxygens (including phenoxy) is 1. The van der Waals surface area contributed by atoms with Crippen molar-refractivity contribution in [3.63, 3.8) is 0 Å². The van der Waals surface area contributed by atoms with Gasteiger partial charge in [0.15, 0.2) is 5.65 Å². The summed E-state index contributed by atoms with van der Waals surface area (Å²) >= 11 is 0. The molecule has 1 aliphatic heterocycles. The molecule has 1 unspecified atom stereocenters. The van der Waals surface area contributed by atoms with Gasteiger partial charge in [0.1, 0.15) is 22.7 Å². The van der Waals surface area contributed by atoms with E-state index in [0.717, 1.165) is 19.5 Å². The second kappa shape index (κ2) is 6.75. The fourth-order valence-electron chi connectivity index (χ4n) is 3.18. The van der Waals surface area contributed by atoms with Crippen molar-refractivity contribution in [2.45, 2.75) is 31.9 Å². The maximum Gasteiger partial charge on any atom is 0.223 e.